The topological polar surface area (TPSA) is 26.3 Å². The van der Waals surface area contributed by atoms with Crippen LogP contribution in [0.5, 0.6) is 5.75 Å². The molecule has 0 radical (unpaired) electrons. The average molecular weight is 340 g/mol. The molecule has 2 nitrogen and oxygen atoms in total. The molecule has 0 unspecified atom stereocenters. The summed E-state index contributed by atoms with van der Waals surface area (Å²) in [4.78, 5) is 11.1. The van der Waals surface area contributed by atoms with Gasteiger partial charge in [-0.05, 0) is 46.1 Å². The number of hydrogen-bond acceptors (Lipinski definition) is 2. The van der Waals surface area contributed by atoms with Crippen molar-refractivity contribution in [3.63, 3.8) is 0 Å². The van der Waals surface area contributed by atoms with Crippen LogP contribution in [0.1, 0.15) is 21.5 Å². The zero-order chi connectivity index (χ0) is 13.8. The minimum atomic E-state index is 0.410. The van der Waals surface area contributed by atoms with E-state index in [1.54, 1.807) is 12.1 Å². The average Bonchev–Trinajstić information content (AvgIpc) is 2.38. The Kier molecular flexibility index (Phi) is 4.61. The highest BCUT2D eigenvalue weighted by atomic mass is 79.9. The summed E-state index contributed by atoms with van der Waals surface area (Å²) in [5, 5.41) is 0.497. The minimum Gasteiger partial charge on any atom is -0.487 e. The Labute approximate surface area is 125 Å². The van der Waals surface area contributed by atoms with E-state index in [0.717, 1.165) is 17.4 Å². The van der Waals surface area contributed by atoms with Crippen LogP contribution >= 0.6 is 27.5 Å². The molecule has 19 heavy (non-hydrogen) atoms. The first-order valence-corrected chi connectivity index (χ1v) is 6.90. The molecular weight excluding hydrogens is 328 g/mol. The summed E-state index contributed by atoms with van der Waals surface area (Å²) in [6.07, 6.45) is 0.740. The molecule has 0 atom stereocenters. The monoisotopic (exact) mass is 338 g/mol. The third-order valence-corrected chi connectivity index (χ3v) is 3.60. The van der Waals surface area contributed by atoms with E-state index in [9.17, 15) is 4.79 Å². The first-order valence-electron chi connectivity index (χ1n) is 5.73. The van der Waals surface area contributed by atoms with Gasteiger partial charge in [0.25, 0.3) is 0 Å². The van der Waals surface area contributed by atoms with Crippen molar-refractivity contribution in [3.8, 4) is 5.75 Å². The van der Waals surface area contributed by atoms with Gasteiger partial charge in [-0.25, -0.2) is 0 Å². The number of hydrogen-bond donors (Lipinski definition) is 0. The van der Waals surface area contributed by atoms with E-state index in [4.69, 9.17) is 16.3 Å². The molecule has 0 N–H and O–H groups in total. The highest BCUT2D eigenvalue weighted by molar-refractivity contribution is 9.10. The van der Waals surface area contributed by atoms with E-state index in [-0.39, 0.29) is 0 Å². The number of carbonyl (C=O) groups is 1. The third-order valence-electron chi connectivity index (χ3n) is 2.80. The van der Waals surface area contributed by atoms with Gasteiger partial charge in [0, 0.05) is 5.02 Å². The molecule has 4 heteroatoms. The fourth-order valence-corrected chi connectivity index (χ4v) is 2.69. The lowest BCUT2D eigenvalue weighted by molar-refractivity contribution is 0.111. The molecular formula is C15H12BrClO2. The van der Waals surface area contributed by atoms with Crippen LogP contribution in [0.25, 0.3) is 0 Å². The molecule has 0 spiro atoms. The Hall–Kier alpha value is -1.32. The number of carbonyl (C=O) groups excluding carboxylic acids is 1. The van der Waals surface area contributed by atoms with Gasteiger partial charge in [0.15, 0.2) is 6.29 Å². The van der Waals surface area contributed by atoms with Crippen LogP contribution in [0.4, 0.5) is 0 Å². The Balaban J connectivity index is 2.25. The second-order valence-corrected chi connectivity index (χ2v) is 5.43. The molecule has 2 aromatic rings. The van der Waals surface area contributed by atoms with Gasteiger partial charge in [0.2, 0.25) is 0 Å². The van der Waals surface area contributed by atoms with Crippen molar-refractivity contribution in [2.45, 2.75) is 13.5 Å². The lowest BCUT2D eigenvalue weighted by Gasteiger charge is -2.12. The highest BCUT2D eigenvalue weighted by Crippen LogP contribution is 2.32. The molecule has 2 aromatic carbocycles. The van der Waals surface area contributed by atoms with E-state index in [1.807, 2.05) is 31.2 Å². The van der Waals surface area contributed by atoms with Gasteiger partial charge in [0.1, 0.15) is 12.4 Å². The second-order valence-electron chi connectivity index (χ2n) is 4.14. The summed E-state index contributed by atoms with van der Waals surface area (Å²) in [5.74, 6) is 0.516. The molecule has 0 saturated heterocycles. The van der Waals surface area contributed by atoms with Crippen LogP contribution in [0.2, 0.25) is 5.02 Å². The van der Waals surface area contributed by atoms with Crippen molar-refractivity contribution in [3.05, 3.63) is 62.6 Å². The maximum absolute atomic E-state index is 11.1. The molecule has 0 fully saturated rings. The lowest BCUT2D eigenvalue weighted by Crippen LogP contribution is -2.01. The summed E-state index contributed by atoms with van der Waals surface area (Å²) in [5.41, 5.74) is 2.68. The van der Waals surface area contributed by atoms with Crippen LogP contribution in [0, 0.1) is 6.92 Å². The standard InChI is InChI=1S/C15H12BrClO2/c1-10-4-2-3-5-11(10)9-19-15-12(8-18)6-13(17)7-14(15)16/h2-8H,9H2,1H3. The SMILES string of the molecule is Cc1ccccc1COc1c(Br)cc(Cl)cc1C=O. The van der Waals surface area contributed by atoms with Crippen molar-refractivity contribution >= 4 is 33.8 Å². The maximum Gasteiger partial charge on any atom is 0.153 e. The Morgan fingerprint density at radius 3 is 2.74 bits per heavy atom. The number of benzene rings is 2. The van der Waals surface area contributed by atoms with Crippen molar-refractivity contribution in [2.24, 2.45) is 0 Å². The summed E-state index contributed by atoms with van der Waals surface area (Å²) in [6.45, 7) is 2.43. The molecule has 0 saturated carbocycles. The van der Waals surface area contributed by atoms with Crippen LogP contribution < -0.4 is 4.74 Å². The van der Waals surface area contributed by atoms with Crippen LogP contribution in [-0.2, 0) is 6.61 Å². The van der Waals surface area contributed by atoms with E-state index in [1.165, 1.54) is 0 Å². The first kappa shape index (κ1) is 14.1. The third kappa shape index (κ3) is 3.37. The van der Waals surface area contributed by atoms with E-state index >= 15 is 0 Å². The zero-order valence-corrected chi connectivity index (χ0v) is 12.7. The van der Waals surface area contributed by atoms with Crippen molar-refractivity contribution < 1.29 is 9.53 Å². The number of rotatable bonds is 4. The molecule has 2 rings (SSSR count). The Bertz CT molecular complexity index is 611. The maximum atomic E-state index is 11.1. The first-order chi connectivity index (χ1) is 9.11. The quantitative estimate of drug-likeness (QED) is 0.748. The van der Waals surface area contributed by atoms with Crippen molar-refractivity contribution in [1.29, 1.82) is 0 Å². The van der Waals surface area contributed by atoms with Gasteiger partial charge in [-0.3, -0.25) is 4.79 Å². The lowest BCUT2D eigenvalue weighted by atomic mass is 10.1. The minimum absolute atomic E-state index is 0.410. The van der Waals surface area contributed by atoms with Crippen LogP contribution in [0.3, 0.4) is 0 Å². The van der Waals surface area contributed by atoms with E-state index in [0.29, 0.717) is 27.4 Å². The van der Waals surface area contributed by atoms with E-state index in [2.05, 4.69) is 15.9 Å². The van der Waals surface area contributed by atoms with Crippen molar-refractivity contribution in [2.75, 3.05) is 0 Å². The van der Waals surface area contributed by atoms with Gasteiger partial charge >= 0.3 is 0 Å². The summed E-state index contributed by atoms with van der Waals surface area (Å²) < 4.78 is 6.42. The predicted octanol–water partition coefficient (Wildman–Crippen LogP) is 4.80. The van der Waals surface area contributed by atoms with Gasteiger partial charge in [-0.15, -0.1) is 0 Å². The zero-order valence-electron chi connectivity index (χ0n) is 10.3. The van der Waals surface area contributed by atoms with E-state index < -0.39 is 0 Å². The molecule has 0 aliphatic carbocycles. The molecule has 0 aromatic heterocycles. The molecule has 0 amide bonds. The van der Waals surface area contributed by atoms with Gasteiger partial charge in [-0.1, -0.05) is 35.9 Å². The smallest absolute Gasteiger partial charge is 0.153 e. The Morgan fingerprint density at radius 2 is 2.05 bits per heavy atom. The molecule has 0 aliphatic rings. The fourth-order valence-electron chi connectivity index (χ4n) is 1.74. The fraction of sp³-hybridized carbons (Fsp3) is 0.133. The summed E-state index contributed by atoms with van der Waals surface area (Å²) in [6, 6.07) is 11.3. The van der Waals surface area contributed by atoms with Gasteiger partial charge in [0.05, 0.1) is 10.0 Å². The number of halogens is 2. The van der Waals surface area contributed by atoms with Gasteiger partial charge < -0.3 is 4.74 Å². The molecule has 98 valence electrons. The second kappa shape index (κ2) is 6.22. The summed E-state index contributed by atoms with van der Waals surface area (Å²) >= 11 is 9.26. The molecule has 0 aliphatic heterocycles. The van der Waals surface area contributed by atoms with Crippen LogP contribution in [0.15, 0.2) is 40.9 Å². The normalized spacial score (nSPS) is 10.3. The number of aldehydes is 1. The highest BCUT2D eigenvalue weighted by Gasteiger charge is 2.10. The largest absolute Gasteiger partial charge is 0.487 e. The number of aryl methyl sites for hydroxylation is 1. The van der Waals surface area contributed by atoms with Gasteiger partial charge in [-0.2, -0.15) is 0 Å². The molecule has 0 heterocycles. The summed E-state index contributed by atoms with van der Waals surface area (Å²) in [7, 11) is 0. The molecule has 0 bridgehead atoms. The van der Waals surface area contributed by atoms with Crippen molar-refractivity contribution in [1.82, 2.24) is 0 Å². The Morgan fingerprint density at radius 1 is 1.32 bits per heavy atom. The van der Waals surface area contributed by atoms with Crippen LogP contribution in [-0.4, -0.2) is 6.29 Å². The number of ether oxygens (including phenoxy) is 1. The predicted molar refractivity (Wildman–Crippen MR) is 80.1 cm³/mol.